The van der Waals surface area contributed by atoms with Crippen molar-refractivity contribution in [3.8, 4) is 44.9 Å². The Bertz CT molecular complexity index is 5520. The van der Waals surface area contributed by atoms with Gasteiger partial charge in [-0.2, -0.15) is 0 Å². The average molecular weight is 2000 g/mol. The number of carbonyl (C=O) groups is 10. The van der Waals surface area contributed by atoms with E-state index in [1.807, 2.05) is 48.5 Å². The predicted molar refractivity (Wildman–Crippen MR) is 583 cm³/mol. The summed E-state index contributed by atoms with van der Waals surface area (Å²) in [5, 5.41) is 6.43. The first-order chi connectivity index (χ1) is 70.4. The van der Waals surface area contributed by atoms with Crippen LogP contribution in [0, 0.1) is 0 Å². The molecular formula is C113H172N20O12+2. The number of rotatable bonds is 67. The van der Waals surface area contributed by atoms with E-state index in [0.717, 1.165) is 197 Å². The lowest BCUT2D eigenvalue weighted by atomic mass is 9.90. The SMILES string of the molecule is CCN(CC)c1ccc2c(-c3ccccc3C(=O)N3CCN(C(=O)CC[C@H](NC(=O)CN(CCCCCCN)C(=O)CN(CCCCCCN)C(=O)CN(CCCCCCN)C(=O)CN(CCCCCCN)C(=O)CN(CCCCCCN)C(=O)CN(CCCCCCN)C(=O)c4ccccc4-c4c5ccc(=[N+](CC)CC)cc-5oc5cc(N(CC)CC)ccc45)C(N)=O)CC3)c3ccc(=[N+](CC)CC)cc-3oc2c1. The summed E-state index contributed by atoms with van der Waals surface area (Å²) in [6, 6.07) is 38.8. The van der Waals surface area contributed by atoms with E-state index < -0.39 is 80.1 Å². The second-order valence-corrected chi connectivity index (χ2v) is 38.2. The third-order valence-corrected chi connectivity index (χ3v) is 28.3. The van der Waals surface area contributed by atoms with Crippen LogP contribution in [0.3, 0.4) is 0 Å². The first-order valence-corrected chi connectivity index (χ1v) is 54.3. The molecule has 0 saturated carbocycles. The largest absolute Gasteiger partial charge is 0.456 e. The molecular weight excluding hydrogens is 1830 g/mol. The van der Waals surface area contributed by atoms with Gasteiger partial charge in [-0.15, -0.1) is 0 Å². The van der Waals surface area contributed by atoms with Gasteiger partial charge in [0.2, 0.25) is 58.0 Å². The molecule has 0 unspecified atom stereocenters. The Kier molecular flexibility index (Phi) is 50.8. The zero-order chi connectivity index (χ0) is 105. The van der Waals surface area contributed by atoms with Gasteiger partial charge in [0.25, 0.3) is 11.8 Å². The molecule has 3 aliphatic heterocycles. The number of carbonyl (C=O) groups excluding carboxylic acids is 10. The number of anilines is 2. The van der Waals surface area contributed by atoms with E-state index in [0.29, 0.717) is 149 Å². The molecule has 5 aliphatic rings. The third kappa shape index (κ3) is 34.5. The summed E-state index contributed by atoms with van der Waals surface area (Å²) in [5.74, 6) is -3.66. The van der Waals surface area contributed by atoms with Crippen LogP contribution in [0.5, 0.6) is 0 Å². The lowest BCUT2D eigenvalue weighted by molar-refractivity contribution is -0.147. The summed E-state index contributed by atoms with van der Waals surface area (Å²) < 4.78 is 18.2. The standard InChI is InChI=1S/C113H170N20O12/c1-9-122(10-2)85-49-53-93-98(75-85)144-99-76-86(123(11-3)12-4)50-54-94(99)109(93)89-45-29-31-47-91(89)112(142)127-73-71-126(72-74-127)103(135)58-57-97(111(120)141)121-102(134)79-128(65-39-23-17-33-59-114)104(136)80-129(66-40-24-18-34-60-115)105(137)81-130(67-41-25-19-35-61-116)106(138)82-131(68-42-26-20-36-62-117)107(139)83-132(69-43-27-21-37-63-118)108(140)84-133(70-44-28-22-38-64-119)113(143)92-48-32-30-46-90(92)110-95-55-51-87(124(13-5)14-6)77-100(95)145-101-78-88(52-56-96(101)110)125(15-7)16-8/h29-32,45-56,75-78,97H,9-28,33-44,57-74,79-84,114-119H2,1-8H3,(H-2,120,121,134,141)/p+2/t97-/m0/s1. The Morgan fingerprint density at radius 3 is 1.01 bits per heavy atom. The molecule has 32 nitrogen and oxygen atoms in total. The van der Waals surface area contributed by atoms with E-state index in [-0.39, 0.29) is 103 Å². The number of amides is 10. The molecule has 794 valence electrons. The number of primary amides is 1. The lowest BCUT2D eigenvalue weighted by Gasteiger charge is -2.35. The quantitative estimate of drug-likeness (QED) is 0.00997. The molecule has 1 saturated heterocycles. The summed E-state index contributed by atoms with van der Waals surface area (Å²) in [7, 11) is 0. The number of nitrogens with zero attached hydrogens (tertiary/aromatic N) is 12. The average Bonchev–Trinajstić information content (AvgIpc) is 0.745. The van der Waals surface area contributed by atoms with Crippen molar-refractivity contribution in [1.29, 1.82) is 0 Å². The topological polar surface area (TPSA) is 430 Å². The number of benzene rings is 6. The Labute approximate surface area is 860 Å². The summed E-state index contributed by atoms with van der Waals surface area (Å²) in [6.07, 6.45) is 16.0. The van der Waals surface area contributed by atoms with Gasteiger partial charge in [0, 0.05) is 178 Å². The van der Waals surface area contributed by atoms with Crippen LogP contribution in [0.15, 0.2) is 130 Å². The summed E-state index contributed by atoms with van der Waals surface area (Å²) in [6.45, 7) is 25.3. The van der Waals surface area contributed by atoms with E-state index in [9.17, 15) is 14.4 Å². The molecule has 1 fully saturated rings. The fourth-order valence-electron chi connectivity index (χ4n) is 19.7. The molecule has 0 spiro atoms. The fourth-order valence-corrected chi connectivity index (χ4v) is 19.7. The number of hydrogen-bond donors (Lipinski definition) is 8. The molecule has 145 heavy (non-hydrogen) atoms. The third-order valence-electron chi connectivity index (χ3n) is 28.3. The van der Waals surface area contributed by atoms with Gasteiger partial charge in [0.15, 0.2) is 0 Å². The van der Waals surface area contributed by atoms with Crippen LogP contribution in [0.25, 0.3) is 66.8 Å². The van der Waals surface area contributed by atoms with Crippen molar-refractivity contribution in [3.05, 3.63) is 143 Å². The summed E-state index contributed by atoms with van der Waals surface area (Å²) in [4.78, 5) is 168. The number of nitrogens with one attached hydrogen (secondary N) is 1. The Morgan fingerprint density at radius 2 is 0.669 bits per heavy atom. The highest BCUT2D eigenvalue weighted by molar-refractivity contribution is 6.12. The van der Waals surface area contributed by atoms with Crippen LogP contribution in [0.4, 0.5) is 11.4 Å². The summed E-state index contributed by atoms with van der Waals surface area (Å²) >= 11 is 0. The van der Waals surface area contributed by atoms with E-state index in [2.05, 4.69) is 152 Å². The zero-order valence-electron chi connectivity index (χ0n) is 88.5. The molecule has 4 aromatic carbocycles. The minimum atomic E-state index is -1.31. The molecule has 0 aromatic heterocycles. The highest BCUT2D eigenvalue weighted by atomic mass is 16.3. The predicted octanol–water partition coefficient (Wildman–Crippen LogP) is 11.5. The Hall–Kier alpha value is -11.7. The fraction of sp³-hybridized carbons (Fsp3) is 0.575. The molecule has 0 bridgehead atoms. The van der Waals surface area contributed by atoms with Crippen LogP contribution in [-0.4, -0.2) is 301 Å². The van der Waals surface area contributed by atoms with Crippen molar-refractivity contribution in [1.82, 2.24) is 53.7 Å². The number of hydrogen-bond acceptors (Lipinski definition) is 20. The summed E-state index contributed by atoms with van der Waals surface area (Å²) in [5.41, 5.74) is 50.9. The number of fused-ring (bicyclic) bond motifs is 4. The maximum atomic E-state index is 16.0. The number of piperazine rings is 1. The van der Waals surface area contributed by atoms with Gasteiger partial charge in [-0.3, -0.25) is 47.9 Å². The maximum absolute atomic E-state index is 16.0. The van der Waals surface area contributed by atoms with Crippen molar-refractivity contribution in [2.24, 2.45) is 40.1 Å². The smallest absolute Gasteiger partial charge is 0.254 e. The van der Waals surface area contributed by atoms with Gasteiger partial charge in [-0.25, -0.2) is 9.15 Å². The van der Waals surface area contributed by atoms with Crippen molar-refractivity contribution in [2.75, 3.05) is 206 Å². The van der Waals surface area contributed by atoms with Crippen molar-refractivity contribution < 1.29 is 56.8 Å². The highest BCUT2D eigenvalue weighted by Gasteiger charge is 2.36. The molecule has 10 amide bonds. The molecule has 1 atom stereocenters. The first kappa shape index (κ1) is 117. The van der Waals surface area contributed by atoms with Gasteiger partial charge in [0.05, 0.1) is 44.9 Å². The van der Waals surface area contributed by atoms with E-state index in [1.54, 1.807) is 14.7 Å². The molecule has 2 aliphatic carbocycles. The van der Waals surface area contributed by atoms with Gasteiger partial charge < -0.3 is 103 Å². The van der Waals surface area contributed by atoms with Gasteiger partial charge in [-0.1, -0.05) is 113 Å². The molecule has 3 heterocycles. The van der Waals surface area contributed by atoms with Crippen molar-refractivity contribution in [3.63, 3.8) is 0 Å². The second kappa shape index (κ2) is 63.0. The van der Waals surface area contributed by atoms with E-state index >= 15 is 33.6 Å². The second-order valence-electron chi connectivity index (χ2n) is 38.2. The first-order valence-electron chi connectivity index (χ1n) is 54.3. The lowest BCUT2D eigenvalue weighted by Crippen LogP contribution is -2.53. The minimum absolute atomic E-state index is 0.0987. The molecule has 9 rings (SSSR count). The van der Waals surface area contributed by atoms with Gasteiger partial charge in [-0.05, 0) is 238 Å². The highest BCUT2D eigenvalue weighted by Crippen LogP contribution is 2.45. The molecule has 4 aromatic rings. The molecule has 0 radical (unpaired) electrons. The van der Waals surface area contributed by atoms with Crippen molar-refractivity contribution >= 4 is 92.4 Å². The minimum Gasteiger partial charge on any atom is -0.456 e. The Morgan fingerprint density at radius 1 is 0.352 bits per heavy atom. The van der Waals surface area contributed by atoms with Crippen LogP contribution in [0.1, 0.15) is 243 Å². The number of unbranched alkanes of at least 4 members (excludes halogenated alkanes) is 18. The monoisotopic (exact) mass is 2000 g/mol. The molecule has 15 N–H and O–H groups in total. The van der Waals surface area contributed by atoms with Crippen LogP contribution >= 0.6 is 0 Å². The van der Waals surface area contributed by atoms with E-state index in [4.69, 9.17) is 49.0 Å². The zero-order valence-corrected chi connectivity index (χ0v) is 88.5. The molecule has 32 heteroatoms. The van der Waals surface area contributed by atoms with E-state index in [1.165, 1.54) is 24.5 Å². The van der Waals surface area contributed by atoms with Gasteiger partial charge >= 0.3 is 0 Å². The number of nitrogens with two attached hydrogens (primary N) is 7. The van der Waals surface area contributed by atoms with Crippen LogP contribution in [0.2, 0.25) is 0 Å². The normalized spacial score (nSPS) is 12.3. The van der Waals surface area contributed by atoms with Crippen molar-refractivity contribution in [2.45, 2.75) is 228 Å². The van der Waals surface area contributed by atoms with Crippen LogP contribution in [-0.2, 0) is 38.4 Å². The Balaban J connectivity index is 0.932. The van der Waals surface area contributed by atoms with Gasteiger partial charge in [0.1, 0.15) is 61.5 Å². The van der Waals surface area contributed by atoms with Crippen LogP contribution < -0.4 is 75.1 Å². The maximum Gasteiger partial charge on any atom is 0.254 e.